The Morgan fingerprint density at radius 2 is 1.97 bits per heavy atom. The van der Waals surface area contributed by atoms with Crippen LogP contribution >= 0.6 is 0 Å². The summed E-state index contributed by atoms with van der Waals surface area (Å²) in [6.45, 7) is 2.84. The smallest absolute Gasteiger partial charge is 0.379 e. The van der Waals surface area contributed by atoms with E-state index >= 15 is 0 Å². The number of allylic oxidation sites excluding steroid dienone is 1. The highest BCUT2D eigenvalue weighted by molar-refractivity contribution is 6.15. The van der Waals surface area contributed by atoms with E-state index in [4.69, 9.17) is 18.6 Å². The van der Waals surface area contributed by atoms with Crippen molar-refractivity contribution in [2.45, 2.75) is 13.5 Å². The van der Waals surface area contributed by atoms with Crippen LogP contribution in [0.3, 0.4) is 0 Å². The van der Waals surface area contributed by atoms with Gasteiger partial charge in [-0.25, -0.2) is 4.79 Å². The fourth-order valence-corrected chi connectivity index (χ4v) is 3.73. The molecule has 1 aliphatic rings. The number of esters is 1. The molecule has 160 valence electrons. The van der Waals surface area contributed by atoms with Crippen molar-refractivity contribution in [3.63, 3.8) is 0 Å². The molecule has 0 fully saturated rings. The highest BCUT2D eigenvalue weighted by atomic mass is 16.5. The molecular weight excluding hydrogens is 410 g/mol. The maximum absolute atomic E-state index is 12.9. The summed E-state index contributed by atoms with van der Waals surface area (Å²) in [6, 6.07) is 13.6. The first kappa shape index (κ1) is 19.7. The van der Waals surface area contributed by atoms with Crippen molar-refractivity contribution >= 4 is 28.7 Å². The minimum Gasteiger partial charge on any atom is -0.497 e. The molecule has 0 amide bonds. The number of rotatable bonds is 5. The van der Waals surface area contributed by atoms with Gasteiger partial charge in [0.2, 0.25) is 11.5 Å². The number of methoxy groups -OCH3 is 1. The molecule has 0 N–H and O–H groups in total. The van der Waals surface area contributed by atoms with Crippen molar-refractivity contribution in [1.29, 1.82) is 0 Å². The van der Waals surface area contributed by atoms with Gasteiger partial charge < -0.3 is 23.2 Å². The van der Waals surface area contributed by atoms with Gasteiger partial charge >= 0.3 is 5.97 Å². The number of Topliss-reactive ketones (excluding diaryl/α,β-unsaturated/α-hetero) is 1. The third kappa shape index (κ3) is 3.33. The molecule has 2 aromatic carbocycles. The number of carbonyl (C=O) groups excluding carboxylic acids is 2. The summed E-state index contributed by atoms with van der Waals surface area (Å²) in [5.74, 6) is 0.754. The number of benzene rings is 2. The van der Waals surface area contributed by atoms with Crippen LogP contribution < -0.4 is 14.2 Å². The maximum atomic E-state index is 12.9. The number of ketones is 1. The van der Waals surface area contributed by atoms with Crippen LogP contribution in [0.15, 0.2) is 71.2 Å². The molecule has 32 heavy (non-hydrogen) atoms. The first-order valence-corrected chi connectivity index (χ1v) is 10.1. The van der Waals surface area contributed by atoms with E-state index in [1.54, 1.807) is 31.4 Å². The van der Waals surface area contributed by atoms with E-state index in [0.717, 1.165) is 28.8 Å². The van der Waals surface area contributed by atoms with Gasteiger partial charge in [0.25, 0.3) is 0 Å². The molecule has 3 heterocycles. The van der Waals surface area contributed by atoms with Gasteiger partial charge in [-0.2, -0.15) is 0 Å². The normalized spacial score (nSPS) is 13.9. The molecule has 7 nitrogen and oxygen atoms in total. The number of furan rings is 1. The summed E-state index contributed by atoms with van der Waals surface area (Å²) in [6.07, 6.45) is 5.10. The molecular formula is C25H19NO6. The van der Waals surface area contributed by atoms with Gasteiger partial charge in [0, 0.05) is 35.3 Å². The van der Waals surface area contributed by atoms with Gasteiger partial charge in [0.1, 0.15) is 17.2 Å². The maximum Gasteiger partial charge on any atom is 0.379 e. The Labute approximate surface area is 183 Å². The van der Waals surface area contributed by atoms with E-state index in [-0.39, 0.29) is 23.1 Å². The molecule has 7 heteroatoms. The average Bonchev–Trinajstić information content (AvgIpc) is 3.53. The zero-order valence-electron chi connectivity index (χ0n) is 17.5. The van der Waals surface area contributed by atoms with Crippen LogP contribution in [-0.2, 0) is 6.54 Å². The second-order valence-corrected chi connectivity index (χ2v) is 7.22. The van der Waals surface area contributed by atoms with Crippen LogP contribution in [0.5, 0.6) is 17.2 Å². The molecule has 0 saturated heterocycles. The molecule has 2 aromatic heterocycles. The number of aryl methyl sites for hydroxylation is 1. The van der Waals surface area contributed by atoms with Crippen LogP contribution in [-0.4, -0.2) is 23.4 Å². The van der Waals surface area contributed by atoms with Crippen molar-refractivity contribution in [1.82, 2.24) is 4.57 Å². The second kappa shape index (κ2) is 7.77. The molecule has 0 spiro atoms. The van der Waals surface area contributed by atoms with E-state index in [0.29, 0.717) is 11.3 Å². The lowest BCUT2D eigenvalue weighted by atomic mass is 10.1. The fraction of sp³-hybridized carbons (Fsp3) is 0.120. The number of carbonyl (C=O) groups is 2. The predicted octanol–water partition coefficient (Wildman–Crippen LogP) is 5.10. The van der Waals surface area contributed by atoms with Gasteiger partial charge in [0.15, 0.2) is 5.76 Å². The highest BCUT2D eigenvalue weighted by Gasteiger charge is 2.28. The number of hydrogen-bond donors (Lipinski definition) is 0. The lowest BCUT2D eigenvalue weighted by Crippen LogP contribution is -2.07. The third-order valence-corrected chi connectivity index (χ3v) is 5.32. The minimum absolute atomic E-state index is 0.0887. The molecule has 5 rings (SSSR count). The molecule has 0 unspecified atom stereocenters. The Morgan fingerprint density at radius 1 is 1.12 bits per heavy atom. The lowest BCUT2D eigenvalue weighted by molar-refractivity contribution is 0.0701. The number of fused-ring (bicyclic) bond motifs is 2. The first-order valence-electron chi connectivity index (χ1n) is 10.1. The van der Waals surface area contributed by atoms with Crippen molar-refractivity contribution < 1.29 is 28.2 Å². The molecule has 1 aliphatic heterocycles. The Morgan fingerprint density at radius 3 is 2.72 bits per heavy atom. The van der Waals surface area contributed by atoms with Crippen LogP contribution in [0.4, 0.5) is 0 Å². The van der Waals surface area contributed by atoms with Gasteiger partial charge in [-0.3, -0.25) is 4.79 Å². The predicted molar refractivity (Wildman–Crippen MR) is 117 cm³/mol. The van der Waals surface area contributed by atoms with Crippen molar-refractivity contribution in [2.75, 3.05) is 7.11 Å². The Balaban J connectivity index is 1.46. The Bertz CT molecular complexity index is 1380. The van der Waals surface area contributed by atoms with E-state index < -0.39 is 5.97 Å². The molecule has 4 aromatic rings. The summed E-state index contributed by atoms with van der Waals surface area (Å²) in [5, 5.41) is 0.958. The van der Waals surface area contributed by atoms with Crippen LogP contribution in [0.25, 0.3) is 17.0 Å². The number of nitrogens with zero attached hydrogens (tertiary/aromatic N) is 1. The first-order chi connectivity index (χ1) is 15.6. The van der Waals surface area contributed by atoms with E-state index in [2.05, 4.69) is 11.5 Å². The van der Waals surface area contributed by atoms with Crippen molar-refractivity contribution in [3.8, 4) is 17.2 Å². The molecule has 0 aliphatic carbocycles. The summed E-state index contributed by atoms with van der Waals surface area (Å²) in [4.78, 5) is 25.0. The van der Waals surface area contributed by atoms with Gasteiger partial charge in [-0.15, -0.1) is 0 Å². The minimum atomic E-state index is -0.628. The lowest BCUT2D eigenvalue weighted by Gasteiger charge is -2.04. The Kier molecular flexibility index (Phi) is 4.78. The molecule has 0 radical (unpaired) electrons. The Hall–Kier alpha value is -4.26. The summed E-state index contributed by atoms with van der Waals surface area (Å²) in [5.41, 5.74) is 2.29. The van der Waals surface area contributed by atoms with Crippen molar-refractivity contribution in [3.05, 3.63) is 83.6 Å². The fourth-order valence-electron chi connectivity index (χ4n) is 3.73. The quantitative estimate of drug-likeness (QED) is 0.250. The van der Waals surface area contributed by atoms with Gasteiger partial charge in [-0.1, -0.05) is 0 Å². The zero-order chi connectivity index (χ0) is 22.2. The zero-order valence-corrected chi connectivity index (χ0v) is 17.5. The summed E-state index contributed by atoms with van der Waals surface area (Å²) < 4.78 is 23.7. The largest absolute Gasteiger partial charge is 0.497 e. The SMILES string of the molecule is CCn1cc(C=C2Oc3cc(OC(=O)c4ccco4)ccc3C2=O)c2cc(OC)ccc21. The van der Waals surface area contributed by atoms with Gasteiger partial charge in [0.05, 0.1) is 18.9 Å². The summed E-state index contributed by atoms with van der Waals surface area (Å²) >= 11 is 0. The van der Waals surface area contributed by atoms with Gasteiger partial charge in [-0.05, 0) is 55.5 Å². The van der Waals surface area contributed by atoms with Crippen LogP contribution in [0, 0.1) is 0 Å². The standard InChI is InChI=1S/C25H19NO6/c1-3-26-14-15(19-12-16(29-2)7-9-20(19)26)11-23-24(27)18-8-6-17(13-22(18)32-23)31-25(28)21-5-4-10-30-21/h4-14H,3H2,1-2H3. The molecule has 0 saturated carbocycles. The number of ether oxygens (including phenoxy) is 3. The summed E-state index contributed by atoms with van der Waals surface area (Å²) in [7, 11) is 1.62. The number of aromatic nitrogens is 1. The van der Waals surface area contributed by atoms with E-state index in [1.807, 2.05) is 24.4 Å². The average molecular weight is 429 g/mol. The number of hydrogen-bond acceptors (Lipinski definition) is 6. The molecule has 0 bridgehead atoms. The topological polar surface area (TPSA) is 79.9 Å². The van der Waals surface area contributed by atoms with E-state index in [9.17, 15) is 9.59 Å². The highest BCUT2D eigenvalue weighted by Crippen LogP contribution is 2.36. The molecule has 0 atom stereocenters. The monoisotopic (exact) mass is 429 g/mol. The van der Waals surface area contributed by atoms with Crippen LogP contribution in [0.1, 0.15) is 33.4 Å². The van der Waals surface area contributed by atoms with Crippen molar-refractivity contribution in [2.24, 2.45) is 0 Å². The van der Waals surface area contributed by atoms with Crippen LogP contribution in [0.2, 0.25) is 0 Å². The van der Waals surface area contributed by atoms with E-state index in [1.165, 1.54) is 18.4 Å². The third-order valence-electron chi connectivity index (χ3n) is 5.32. The second-order valence-electron chi connectivity index (χ2n) is 7.22.